The van der Waals surface area contributed by atoms with Gasteiger partial charge in [-0.15, -0.1) is 0 Å². The predicted molar refractivity (Wildman–Crippen MR) is 68.9 cm³/mol. The first kappa shape index (κ1) is 12.5. The number of nitrogens with two attached hydrogens (primary N) is 1. The van der Waals surface area contributed by atoms with E-state index in [1.165, 1.54) is 0 Å². The molecule has 0 radical (unpaired) electrons. The van der Waals surface area contributed by atoms with Crippen LogP contribution in [0.5, 0.6) is 11.5 Å². The molecule has 2 N–H and O–H groups in total. The summed E-state index contributed by atoms with van der Waals surface area (Å²) < 4.78 is 10.7. The van der Waals surface area contributed by atoms with Crippen molar-refractivity contribution in [3.63, 3.8) is 0 Å². The highest BCUT2D eigenvalue weighted by Crippen LogP contribution is 2.47. The molecule has 0 amide bonds. The molecule has 0 saturated heterocycles. The molecular weight excluding hydrogens is 238 g/mol. The summed E-state index contributed by atoms with van der Waals surface area (Å²) in [5, 5.41) is 0.659. The lowest BCUT2D eigenvalue weighted by Gasteiger charge is -2.28. The normalized spacial score (nSPS) is 18.1. The van der Waals surface area contributed by atoms with Crippen LogP contribution in [0.4, 0.5) is 0 Å². The molecule has 3 nitrogen and oxygen atoms in total. The smallest absolute Gasteiger partial charge is 0.167 e. The second kappa shape index (κ2) is 4.75. The van der Waals surface area contributed by atoms with Crippen molar-refractivity contribution in [3.8, 4) is 11.5 Å². The van der Waals surface area contributed by atoms with Crippen LogP contribution in [-0.2, 0) is 5.54 Å². The Kier molecular flexibility index (Phi) is 3.50. The Labute approximate surface area is 107 Å². The Morgan fingerprint density at radius 1 is 1.18 bits per heavy atom. The summed E-state index contributed by atoms with van der Waals surface area (Å²) in [7, 11) is 3.24. The van der Waals surface area contributed by atoms with Gasteiger partial charge < -0.3 is 15.2 Å². The van der Waals surface area contributed by atoms with E-state index >= 15 is 0 Å². The van der Waals surface area contributed by atoms with Gasteiger partial charge in [0.2, 0.25) is 0 Å². The molecular formula is C13H18ClNO2. The largest absolute Gasteiger partial charge is 0.493 e. The summed E-state index contributed by atoms with van der Waals surface area (Å²) in [6.07, 6.45) is 4.15. The summed E-state index contributed by atoms with van der Waals surface area (Å²) in [4.78, 5) is 0. The summed E-state index contributed by atoms with van der Waals surface area (Å²) >= 11 is 6.29. The monoisotopic (exact) mass is 255 g/mol. The summed E-state index contributed by atoms with van der Waals surface area (Å²) in [5.74, 6) is 1.35. The van der Waals surface area contributed by atoms with Gasteiger partial charge in [-0.1, -0.05) is 24.4 Å². The van der Waals surface area contributed by atoms with Crippen LogP contribution < -0.4 is 15.2 Å². The highest BCUT2D eigenvalue weighted by molar-refractivity contribution is 6.31. The average molecular weight is 256 g/mol. The summed E-state index contributed by atoms with van der Waals surface area (Å²) in [6, 6.07) is 3.63. The quantitative estimate of drug-likeness (QED) is 0.903. The van der Waals surface area contributed by atoms with E-state index in [1.807, 2.05) is 12.1 Å². The van der Waals surface area contributed by atoms with Gasteiger partial charge in [-0.2, -0.15) is 0 Å². The van der Waals surface area contributed by atoms with Crippen LogP contribution >= 0.6 is 11.6 Å². The van der Waals surface area contributed by atoms with E-state index in [0.29, 0.717) is 16.5 Å². The van der Waals surface area contributed by atoms with Crippen molar-refractivity contribution in [1.82, 2.24) is 0 Å². The van der Waals surface area contributed by atoms with Crippen LogP contribution in [0.25, 0.3) is 0 Å². The standard InChI is InChI=1S/C13H18ClNO2/c1-16-10-6-5-9(14)11(12(10)17-2)13(15)7-3-4-8-13/h5-6H,3-4,7-8,15H2,1-2H3. The SMILES string of the molecule is COc1ccc(Cl)c(C2(N)CCCC2)c1OC. The third-order valence-corrected chi connectivity index (χ3v) is 3.80. The molecule has 1 aromatic carbocycles. The number of hydrogen-bond acceptors (Lipinski definition) is 3. The molecule has 0 aromatic heterocycles. The lowest BCUT2D eigenvalue weighted by molar-refractivity contribution is 0.337. The Bertz CT molecular complexity index is 414. The molecule has 1 fully saturated rings. The van der Waals surface area contributed by atoms with Crippen LogP contribution in [0.1, 0.15) is 31.2 Å². The fourth-order valence-corrected chi connectivity index (χ4v) is 2.96. The third-order valence-electron chi connectivity index (χ3n) is 3.49. The number of hydrogen-bond donors (Lipinski definition) is 1. The molecule has 0 unspecified atom stereocenters. The first-order valence-electron chi connectivity index (χ1n) is 5.82. The maximum Gasteiger partial charge on any atom is 0.167 e. The molecule has 1 aliphatic carbocycles. The van der Waals surface area contributed by atoms with Crippen molar-refractivity contribution >= 4 is 11.6 Å². The summed E-state index contributed by atoms with van der Waals surface area (Å²) in [5.41, 5.74) is 6.97. The van der Waals surface area contributed by atoms with Crippen LogP contribution in [0, 0.1) is 0 Å². The zero-order valence-electron chi connectivity index (χ0n) is 10.3. The van der Waals surface area contributed by atoms with Crippen LogP contribution in [0.3, 0.4) is 0 Å². The van der Waals surface area contributed by atoms with Gasteiger partial charge in [-0.3, -0.25) is 0 Å². The van der Waals surface area contributed by atoms with Crippen LogP contribution in [0.2, 0.25) is 5.02 Å². The van der Waals surface area contributed by atoms with Crippen molar-refractivity contribution < 1.29 is 9.47 Å². The molecule has 94 valence electrons. The second-order valence-corrected chi connectivity index (χ2v) is 4.93. The Morgan fingerprint density at radius 3 is 2.35 bits per heavy atom. The minimum Gasteiger partial charge on any atom is -0.493 e. The zero-order valence-corrected chi connectivity index (χ0v) is 11.0. The Morgan fingerprint density at radius 2 is 1.82 bits per heavy atom. The zero-order chi connectivity index (χ0) is 12.5. The van der Waals surface area contributed by atoms with E-state index in [9.17, 15) is 0 Å². The van der Waals surface area contributed by atoms with Gasteiger partial charge >= 0.3 is 0 Å². The molecule has 17 heavy (non-hydrogen) atoms. The Hall–Kier alpha value is -0.930. The molecule has 1 aliphatic rings. The molecule has 4 heteroatoms. The van der Waals surface area contributed by atoms with Crippen molar-refractivity contribution in [2.45, 2.75) is 31.2 Å². The number of halogens is 1. The lowest BCUT2D eigenvalue weighted by atomic mass is 9.88. The number of ether oxygens (including phenoxy) is 2. The molecule has 1 saturated carbocycles. The molecule has 2 rings (SSSR count). The first-order chi connectivity index (χ1) is 8.12. The van der Waals surface area contributed by atoms with Gasteiger partial charge in [0.1, 0.15) is 0 Å². The maximum absolute atomic E-state index is 6.46. The molecule has 0 heterocycles. The van der Waals surface area contributed by atoms with Crippen molar-refractivity contribution in [3.05, 3.63) is 22.7 Å². The highest BCUT2D eigenvalue weighted by Gasteiger charge is 2.36. The predicted octanol–water partition coefficient (Wildman–Crippen LogP) is 3.09. The van der Waals surface area contributed by atoms with E-state index < -0.39 is 0 Å². The van der Waals surface area contributed by atoms with Crippen LogP contribution in [-0.4, -0.2) is 14.2 Å². The van der Waals surface area contributed by atoms with Crippen molar-refractivity contribution in [2.75, 3.05) is 14.2 Å². The maximum atomic E-state index is 6.46. The molecule has 0 aliphatic heterocycles. The number of methoxy groups -OCH3 is 2. The minimum atomic E-state index is -0.378. The number of benzene rings is 1. The van der Waals surface area contributed by atoms with Crippen LogP contribution in [0.15, 0.2) is 12.1 Å². The molecule has 0 bridgehead atoms. The van der Waals surface area contributed by atoms with Crippen molar-refractivity contribution in [1.29, 1.82) is 0 Å². The van der Waals surface area contributed by atoms with Gasteiger partial charge in [-0.25, -0.2) is 0 Å². The van der Waals surface area contributed by atoms with Gasteiger partial charge in [0, 0.05) is 16.1 Å². The fourth-order valence-electron chi connectivity index (χ4n) is 2.62. The lowest BCUT2D eigenvalue weighted by Crippen LogP contribution is -2.34. The molecule has 1 aromatic rings. The van der Waals surface area contributed by atoms with Gasteiger partial charge in [0.15, 0.2) is 11.5 Å². The Balaban J connectivity index is 2.57. The second-order valence-electron chi connectivity index (χ2n) is 4.52. The van der Waals surface area contributed by atoms with Gasteiger partial charge in [0.05, 0.1) is 14.2 Å². The van der Waals surface area contributed by atoms with E-state index in [1.54, 1.807) is 14.2 Å². The molecule has 0 atom stereocenters. The third kappa shape index (κ3) is 2.09. The fraction of sp³-hybridized carbons (Fsp3) is 0.538. The van der Waals surface area contributed by atoms with Gasteiger partial charge in [-0.05, 0) is 25.0 Å². The van der Waals surface area contributed by atoms with E-state index in [4.69, 9.17) is 26.8 Å². The van der Waals surface area contributed by atoms with E-state index in [0.717, 1.165) is 31.2 Å². The van der Waals surface area contributed by atoms with E-state index in [-0.39, 0.29) is 5.54 Å². The topological polar surface area (TPSA) is 44.5 Å². The van der Waals surface area contributed by atoms with Crippen molar-refractivity contribution in [2.24, 2.45) is 5.73 Å². The highest BCUT2D eigenvalue weighted by atomic mass is 35.5. The minimum absolute atomic E-state index is 0.378. The van der Waals surface area contributed by atoms with Gasteiger partial charge in [0.25, 0.3) is 0 Å². The first-order valence-corrected chi connectivity index (χ1v) is 6.20. The van der Waals surface area contributed by atoms with E-state index in [2.05, 4.69) is 0 Å². The average Bonchev–Trinajstić information content (AvgIpc) is 2.76. The number of rotatable bonds is 3. The summed E-state index contributed by atoms with van der Waals surface area (Å²) in [6.45, 7) is 0. The molecule has 0 spiro atoms.